The van der Waals surface area contributed by atoms with E-state index < -0.39 is 5.97 Å². The molecule has 1 saturated carbocycles. The lowest BCUT2D eigenvalue weighted by atomic mass is 9.66. The van der Waals surface area contributed by atoms with Gasteiger partial charge in [-0.1, -0.05) is 6.42 Å². The maximum Gasteiger partial charge on any atom is 0.317 e. The van der Waals surface area contributed by atoms with Gasteiger partial charge < -0.3 is 19.9 Å². The Morgan fingerprint density at radius 3 is 2.86 bits per heavy atom. The number of imidazole rings is 1. The van der Waals surface area contributed by atoms with Crippen LogP contribution in [0.2, 0.25) is 0 Å². The number of carboxylic acids is 1. The summed E-state index contributed by atoms with van der Waals surface area (Å²) in [5.41, 5.74) is -0.240. The van der Waals surface area contributed by atoms with Crippen LogP contribution in [0.1, 0.15) is 31.5 Å². The summed E-state index contributed by atoms with van der Waals surface area (Å²) < 4.78 is 2.04. The third kappa shape index (κ3) is 2.86. The van der Waals surface area contributed by atoms with Gasteiger partial charge in [-0.2, -0.15) is 0 Å². The maximum atomic E-state index is 12.2. The monoisotopic (exact) mass is 292 g/mol. The van der Waals surface area contributed by atoms with Crippen LogP contribution in [0.4, 0.5) is 4.79 Å². The largest absolute Gasteiger partial charge is 0.481 e. The number of aliphatic carboxylic acids is 1. The van der Waals surface area contributed by atoms with Crippen LogP contribution in [0.5, 0.6) is 0 Å². The van der Waals surface area contributed by atoms with Crippen molar-refractivity contribution in [2.75, 3.05) is 13.1 Å². The fraction of sp³-hybridized carbons (Fsp3) is 0.643. The number of rotatable bonds is 4. The highest BCUT2D eigenvalue weighted by atomic mass is 16.4. The molecule has 0 spiro atoms. The van der Waals surface area contributed by atoms with E-state index in [9.17, 15) is 9.59 Å². The molecule has 1 aromatic heterocycles. The summed E-state index contributed by atoms with van der Waals surface area (Å²) >= 11 is 0. The smallest absolute Gasteiger partial charge is 0.317 e. The number of nitrogens with zero attached hydrogens (tertiary/aromatic N) is 3. The molecule has 7 heteroatoms. The number of carboxylic acid groups (broad SMARTS) is 1. The summed E-state index contributed by atoms with van der Waals surface area (Å²) in [4.78, 5) is 29.1. The number of fused-ring (bicyclic) bond motifs is 1. The third-order valence-electron chi connectivity index (χ3n) is 4.59. The van der Waals surface area contributed by atoms with Crippen molar-refractivity contribution in [2.24, 2.45) is 5.41 Å². The van der Waals surface area contributed by atoms with E-state index in [1.54, 1.807) is 11.1 Å². The molecule has 1 fully saturated rings. The molecule has 1 aromatic rings. The average Bonchev–Trinajstić information content (AvgIpc) is 2.88. The third-order valence-corrected chi connectivity index (χ3v) is 4.59. The summed E-state index contributed by atoms with van der Waals surface area (Å²) in [5, 5.41) is 11.9. The zero-order valence-corrected chi connectivity index (χ0v) is 11.9. The number of aromatic nitrogens is 2. The number of carbonyl (C=O) groups is 2. The molecule has 0 unspecified atom stereocenters. The van der Waals surface area contributed by atoms with Gasteiger partial charge in [0.1, 0.15) is 5.82 Å². The molecule has 2 amide bonds. The Morgan fingerprint density at radius 2 is 2.19 bits per heavy atom. The molecular weight excluding hydrogens is 272 g/mol. The predicted molar refractivity (Wildman–Crippen MR) is 74.6 cm³/mol. The molecule has 2 aliphatic rings. The molecule has 21 heavy (non-hydrogen) atoms. The van der Waals surface area contributed by atoms with Gasteiger partial charge in [-0.05, 0) is 18.3 Å². The first kappa shape index (κ1) is 13.9. The lowest BCUT2D eigenvalue weighted by molar-refractivity contribution is -0.141. The highest BCUT2D eigenvalue weighted by Gasteiger charge is 2.39. The van der Waals surface area contributed by atoms with Gasteiger partial charge in [-0.15, -0.1) is 0 Å². The molecule has 1 aliphatic carbocycles. The summed E-state index contributed by atoms with van der Waals surface area (Å²) in [6.07, 6.45) is 6.60. The minimum atomic E-state index is -0.788. The topological polar surface area (TPSA) is 87.5 Å². The number of amides is 2. The van der Waals surface area contributed by atoms with Crippen LogP contribution in [0, 0.1) is 5.41 Å². The van der Waals surface area contributed by atoms with Crippen molar-refractivity contribution in [3.63, 3.8) is 0 Å². The standard InChI is InChI=1S/C14H20N4O3/c19-12(20)8-14(2-1-3-14)10-16-13(21)18-7-6-17-5-4-15-11(17)9-18/h4-5H,1-3,6-10H2,(H,16,21)(H,19,20). The Balaban J connectivity index is 1.54. The number of hydrogen-bond donors (Lipinski definition) is 2. The Labute approximate surface area is 122 Å². The van der Waals surface area contributed by atoms with Gasteiger partial charge in [-0.25, -0.2) is 9.78 Å². The number of carbonyl (C=O) groups excluding carboxylic acids is 1. The van der Waals surface area contributed by atoms with Gasteiger partial charge in [0.15, 0.2) is 0 Å². The molecule has 2 N–H and O–H groups in total. The number of urea groups is 1. The van der Waals surface area contributed by atoms with Crippen LogP contribution in [0.3, 0.4) is 0 Å². The molecule has 0 aromatic carbocycles. The van der Waals surface area contributed by atoms with Gasteiger partial charge in [-0.3, -0.25) is 4.79 Å². The van der Waals surface area contributed by atoms with E-state index in [1.165, 1.54) is 0 Å². The summed E-state index contributed by atoms with van der Waals surface area (Å²) in [6, 6.07) is -0.124. The van der Waals surface area contributed by atoms with Crippen molar-refractivity contribution in [2.45, 2.75) is 38.8 Å². The lowest BCUT2D eigenvalue weighted by Gasteiger charge is -2.41. The van der Waals surface area contributed by atoms with E-state index in [-0.39, 0.29) is 17.9 Å². The summed E-state index contributed by atoms with van der Waals surface area (Å²) in [5.74, 6) is 0.101. The quantitative estimate of drug-likeness (QED) is 0.868. The second-order valence-corrected chi connectivity index (χ2v) is 6.04. The second kappa shape index (κ2) is 5.38. The van der Waals surface area contributed by atoms with E-state index in [2.05, 4.69) is 10.3 Å². The number of nitrogens with one attached hydrogen (secondary N) is 1. The Morgan fingerprint density at radius 1 is 1.38 bits per heavy atom. The zero-order chi connectivity index (χ0) is 14.9. The van der Waals surface area contributed by atoms with Crippen LogP contribution in [0.15, 0.2) is 12.4 Å². The van der Waals surface area contributed by atoms with Crippen molar-refractivity contribution in [3.8, 4) is 0 Å². The fourth-order valence-electron chi connectivity index (χ4n) is 3.14. The Hall–Kier alpha value is -2.05. The van der Waals surface area contributed by atoms with E-state index in [0.717, 1.165) is 31.6 Å². The SMILES string of the molecule is O=C(O)CC1(CNC(=O)N2CCn3ccnc3C2)CCC1. The average molecular weight is 292 g/mol. The number of hydrogen-bond acceptors (Lipinski definition) is 3. The van der Waals surface area contributed by atoms with E-state index in [0.29, 0.717) is 19.6 Å². The Kier molecular flexibility index (Phi) is 3.57. The molecular formula is C14H20N4O3. The molecule has 1 aliphatic heterocycles. The maximum absolute atomic E-state index is 12.2. The van der Waals surface area contributed by atoms with Crippen molar-refractivity contribution < 1.29 is 14.7 Å². The van der Waals surface area contributed by atoms with E-state index in [4.69, 9.17) is 5.11 Å². The van der Waals surface area contributed by atoms with Gasteiger partial charge in [0, 0.05) is 32.0 Å². The first-order chi connectivity index (χ1) is 10.1. The van der Waals surface area contributed by atoms with Gasteiger partial charge in [0.2, 0.25) is 0 Å². The van der Waals surface area contributed by atoms with Crippen LogP contribution in [-0.2, 0) is 17.9 Å². The van der Waals surface area contributed by atoms with Gasteiger partial charge in [0.25, 0.3) is 0 Å². The molecule has 2 heterocycles. The van der Waals surface area contributed by atoms with Gasteiger partial charge in [0.05, 0.1) is 13.0 Å². The van der Waals surface area contributed by atoms with Gasteiger partial charge >= 0.3 is 12.0 Å². The highest BCUT2D eigenvalue weighted by molar-refractivity contribution is 5.74. The van der Waals surface area contributed by atoms with Crippen molar-refractivity contribution in [1.82, 2.24) is 19.8 Å². The van der Waals surface area contributed by atoms with Crippen LogP contribution in [0.25, 0.3) is 0 Å². The summed E-state index contributed by atoms with van der Waals surface area (Å²) in [7, 11) is 0. The summed E-state index contributed by atoms with van der Waals surface area (Å²) in [6.45, 7) is 2.36. The molecule has 114 valence electrons. The molecule has 0 bridgehead atoms. The first-order valence-corrected chi connectivity index (χ1v) is 7.33. The first-order valence-electron chi connectivity index (χ1n) is 7.33. The van der Waals surface area contributed by atoms with Crippen LogP contribution >= 0.6 is 0 Å². The van der Waals surface area contributed by atoms with Crippen molar-refractivity contribution >= 4 is 12.0 Å². The normalized spacial score (nSPS) is 19.5. The fourth-order valence-corrected chi connectivity index (χ4v) is 3.14. The van der Waals surface area contributed by atoms with Crippen LogP contribution in [-0.4, -0.2) is 44.6 Å². The highest BCUT2D eigenvalue weighted by Crippen LogP contribution is 2.43. The molecule has 7 nitrogen and oxygen atoms in total. The zero-order valence-electron chi connectivity index (χ0n) is 11.9. The van der Waals surface area contributed by atoms with Crippen molar-refractivity contribution in [1.29, 1.82) is 0 Å². The minimum Gasteiger partial charge on any atom is -0.481 e. The molecule has 0 atom stereocenters. The molecule has 0 saturated heterocycles. The second-order valence-electron chi connectivity index (χ2n) is 6.04. The molecule has 0 radical (unpaired) electrons. The Bertz CT molecular complexity index is 550. The van der Waals surface area contributed by atoms with E-state index >= 15 is 0 Å². The minimum absolute atomic E-state index is 0.124. The van der Waals surface area contributed by atoms with E-state index in [1.807, 2.05) is 10.8 Å². The van der Waals surface area contributed by atoms with Crippen molar-refractivity contribution in [3.05, 3.63) is 18.2 Å². The predicted octanol–water partition coefficient (Wildman–Crippen LogP) is 1.05. The van der Waals surface area contributed by atoms with Crippen LogP contribution < -0.4 is 5.32 Å². The lowest BCUT2D eigenvalue weighted by Crippen LogP contribution is -2.49. The molecule has 3 rings (SSSR count).